The molecule has 0 spiro atoms. The smallest absolute Gasteiger partial charge is 0.113 e. The summed E-state index contributed by atoms with van der Waals surface area (Å²) < 4.78 is 2.61. The normalized spacial score (nSPS) is 10.3. The zero-order valence-electron chi connectivity index (χ0n) is 10.4. The Morgan fingerprint density at radius 1 is 0.882 bits per heavy atom. The second-order valence-corrected chi connectivity index (χ2v) is 4.94. The second kappa shape index (κ2) is 4.93. The molecule has 0 aliphatic carbocycles. The highest BCUT2D eigenvalue weighted by Crippen LogP contribution is 2.33. The van der Waals surface area contributed by atoms with Crippen molar-refractivity contribution < 1.29 is 0 Å². The fourth-order valence-electron chi connectivity index (χ4n) is 1.91. The second-order valence-electron chi connectivity index (χ2n) is 3.86. The fourth-order valence-corrected chi connectivity index (χ4v) is 3.04. The van der Waals surface area contributed by atoms with Crippen LogP contribution in [0.4, 0.5) is 0 Å². The van der Waals surface area contributed by atoms with Crippen LogP contribution in [0.15, 0.2) is 36.4 Å². The Bertz CT molecular complexity index is 652. The Hall–Kier alpha value is -1.28. The molecule has 0 aliphatic heterocycles. The van der Waals surface area contributed by atoms with Gasteiger partial charge in [-0.1, -0.05) is 49.1 Å². The van der Waals surface area contributed by atoms with Gasteiger partial charge in [-0.3, -0.25) is 0 Å². The zero-order chi connectivity index (χ0) is 12.4. The van der Waals surface area contributed by atoms with E-state index in [0.29, 0.717) is 0 Å². The van der Waals surface area contributed by atoms with E-state index in [1.54, 1.807) is 11.3 Å². The SMILES string of the molecule is CC.[B]c1ccc2c(c1)sc1ccc(C)cc12. The van der Waals surface area contributed by atoms with Gasteiger partial charge in [-0.05, 0) is 19.1 Å². The van der Waals surface area contributed by atoms with Crippen LogP contribution in [0.1, 0.15) is 19.4 Å². The summed E-state index contributed by atoms with van der Waals surface area (Å²) in [4.78, 5) is 0. The molecule has 0 fully saturated rings. The summed E-state index contributed by atoms with van der Waals surface area (Å²) in [6.45, 7) is 6.13. The van der Waals surface area contributed by atoms with Gasteiger partial charge in [0.1, 0.15) is 7.85 Å². The molecule has 0 N–H and O–H groups in total. The van der Waals surface area contributed by atoms with Gasteiger partial charge in [0, 0.05) is 20.2 Å². The minimum atomic E-state index is 0.839. The Labute approximate surface area is 108 Å². The number of fused-ring (bicyclic) bond motifs is 3. The van der Waals surface area contributed by atoms with Crippen LogP contribution in [-0.2, 0) is 0 Å². The van der Waals surface area contributed by atoms with Crippen LogP contribution in [0.25, 0.3) is 20.2 Å². The molecule has 0 bridgehead atoms. The van der Waals surface area contributed by atoms with Gasteiger partial charge in [0.25, 0.3) is 0 Å². The van der Waals surface area contributed by atoms with Gasteiger partial charge in [-0.25, -0.2) is 0 Å². The minimum Gasteiger partial charge on any atom is -0.135 e. The van der Waals surface area contributed by atoms with Crippen molar-refractivity contribution in [2.75, 3.05) is 0 Å². The maximum absolute atomic E-state index is 5.78. The van der Waals surface area contributed by atoms with Gasteiger partial charge in [0.15, 0.2) is 0 Å². The molecular formula is C15H15BS. The lowest BCUT2D eigenvalue weighted by molar-refractivity contribution is 1.50. The van der Waals surface area contributed by atoms with Crippen molar-refractivity contribution >= 4 is 44.8 Å². The van der Waals surface area contributed by atoms with E-state index in [0.717, 1.165) is 5.46 Å². The lowest BCUT2D eigenvalue weighted by Gasteiger charge is -1.94. The Morgan fingerprint density at radius 3 is 2.41 bits per heavy atom. The van der Waals surface area contributed by atoms with Crippen molar-refractivity contribution in [2.45, 2.75) is 20.8 Å². The van der Waals surface area contributed by atoms with Crippen LogP contribution in [0.5, 0.6) is 0 Å². The highest BCUT2D eigenvalue weighted by atomic mass is 32.1. The van der Waals surface area contributed by atoms with E-state index in [4.69, 9.17) is 7.85 Å². The first kappa shape index (κ1) is 12.2. The van der Waals surface area contributed by atoms with Gasteiger partial charge in [0.2, 0.25) is 0 Å². The molecule has 0 aliphatic rings. The van der Waals surface area contributed by atoms with Crippen LogP contribution < -0.4 is 5.46 Å². The third-order valence-corrected chi connectivity index (χ3v) is 3.78. The first-order valence-corrected chi connectivity index (χ1v) is 6.74. The average molecular weight is 238 g/mol. The molecule has 1 heterocycles. The number of hydrogen-bond donors (Lipinski definition) is 0. The number of rotatable bonds is 0. The van der Waals surface area contributed by atoms with E-state index >= 15 is 0 Å². The maximum atomic E-state index is 5.78. The number of aryl methyl sites for hydroxylation is 1. The van der Waals surface area contributed by atoms with E-state index in [2.05, 4.69) is 37.3 Å². The van der Waals surface area contributed by atoms with Crippen LogP contribution >= 0.6 is 11.3 Å². The lowest BCUT2D eigenvalue weighted by Crippen LogP contribution is -1.98. The first-order chi connectivity index (χ1) is 8.24. The predicted molar refractivity (Wildman–Crippen MR) is 80.8 cm³/mol. The van der Waals surface area contributed by atoms with Crippen LogP contribution in [-0.4, -0.2) is 7.85 Å². The molecule has 17 heavy (non-hydrogen) atoms. The van der Waals surface area contributed by atoms with Crippen LogP contribution in [0.2, 0.25) is 0 Å². The van der Waals surface area contributed by atoms with Gasteiger partial charge in [-0.15, -0.1) is 11.3 Å². The zero-order valence-corrected chi connectivity index (χ0v) is 11.3. The summed E-state index contributed by atoms with van der Waals surface area (Å²) in [7, 11) is 5.78. The molecule has 0 atom stereocenters. The highest BCUT2D eigenvalue weighted by Gasteiger charge is 2.04. The molecule has 84 valence electrons. The molecule has 0 unspecified atom stereocenters. The molecule has 2 aromatic carbocycles. The predicted octanol–water partition coefficient (Wildman–Crippen LogP) is 4.18. The van der Waals surface area contributed by atoms with Crippen molar-refractivity contribution in [3.63, 3.8) is 0 Å². The summed E-state index contributed by atoms with van der Waals surface area (Å²) >= 11 is 1.80. The van der Waals surface area contributed by atoms with E-state index in [1.807, 2.05) is 19.9 Å². The summed E-state index contributed by atoms with van der Waals surface area (Å²) in [5, 5.41) is 2.66. The molecule has 3 rings (SSSR count). The standard InChI is InChI=1S/C13H9BS.C2H6/c1-8-2-5-12-11(6-8)10-4-3-9(14)7-13(10)15-12;1-2/h2-7H,1H3;1-2H3. The minimum absolute atomic E-state index is 0.839. The number of benzene rings is 2. The van der Waals surface area contributed by atoms with E-state index in [-0.39, 0.29) is 0 Å². The summed E-state index contributed by atoms with van der Waals surface area (Å²) in [6, 6.07) is 12.7. The van der Waals surface area contributed by atoms with Crippen molar-refractivity contribution in [2.24, 2.45) is 0 Å². The Morgan fingerprint density at radius 2 is 1.65 bits per heavy atom. The third kappa shape index (κ3) is 2.23. The van der Waals surface area contributed by atoms with Crippen molar-refractivity contribution in [3.8, 4) is 0 Å². The van der Waals surface area contributed by atoms with Crippen LogP contribution in [0.3, 0.4) is 0 Å². The van der Waals surface area contributed by atoms with Crippen molar-refractivity contribution in [1.82, 2.24) is 0 Å². The summed E-state index contributed by atoms with van der Waals surface area (Å²) in [5.74, 6) is 0. The topological polar surface area (TPSA) is 0 Å². The van der Waals surface area contributed by atoms with Gasteiger partial charge >= 0.3 is 0 Å². The van der Waals surface area contributed by atoms with Crippen molar-refractivity contribution in [3.05, 3.63) is 42.0 Å². The Kier molecular flexibility index (Phi) is 3.53. The summed E-state index contributed by atoms with van der Waals surface area (Å²) in [5.41, 5.74) is 2.14. The van der Waals surface area contributed by atoms with E-state index < -0.39 is 0 Å². The molecule has 0 saturated carbocycles. The molecule has 2 heteroatoms. The molecule has 0 saturated heterocycles. The number of hydrogen-bond acceptors (Lipinski definition) is 1. The highest BCUT2D eigenvalue weighted by molar-refractivity contribution is 7.25. The molecule has 3 aromatic rings. The lowest BCUT2D eigenvalue weighted by atomic mass is 9.95. The van der Waals surface area contributed by atoms with E-state index in [1.165, 1.54) is 25.7 Å². The monoisotopic (exact) mass is 238 g/mol. The van der Waals surface area contributed by atoms with E-state index in [9.17, 15) is 0 Å². The van der Waals surface area contributed by atoms with Gasteiger partial charge < -0.3 is 0 Å². The maximum Gasteiger partial charge on any atom is 0.113 e. The molecule has 0 amide bonds. The summed E-state index contributed by atoms with van der Waals surface area (Å²) in [6.07, 6.45) is 0. The molecule has 1 aromatic heterocycles. The fraction of sp³-hybridized carbons (Fsp3) is 0.200. The first-order valence-electron chi connectivity index (χ1n) is 5.92. The largest absolute Gasteiger partial charge is 0.135 e. The van der Waals surface area contributed by atoms with Crippen LogP contribution in [0, 0.1) is 6.92 Å². The Balaban J connectivity index is 0.000000514. The average Bonchev–Trinajstić information content (AvgIpc) is 2.68. The third-order valence-electron chi connectivity index (χ3n) is 2.65. The van der Waals surface area contributed by atoms with Crippen molar-refractivity contribution in [1.29, 1.82) is 0 Å². The van der Waals surface area contributed by atoms with Gasteiger partial charge in [0.05, 0.1) is 0 Å². The molecule has 0 nitrogen and oxygen atoms in total. The quantitative estimate of drug-likeness (QED) is 0.515. The molecule has 2 radical (unpaired) electrons. The molecular weight excluding hydrogens is 223 g/mol. The van der Waals surface area contributed by atoms with Gasteiger partial charge in [-0.2, -0.15) is 0 Å². The number of thiophene rings is 1.